The van der Waals surface area contributed by atoms with Gasteiger partial charge in [-0.15, -0.1) is 0 Å². The standard InChI is InChI=1S/C15H24N4O2/c1-3-11(2)18-14(20)8-9-17-10-12-4-6-13(7-5-12)15(16)19-21/h4-7,11,17,21H,3,8-10H2,1-2H3,(H2,16,19)(H,18,20). The van der Waals surface area contributed by atoms with Crippen molar-refractivity contribution in [2.75, 3.05) is 6.54 Å². The van der Waals surface area contributed by atoms with Crippen LogP contribution in [0.5, 0.6) is 0 Å². The van der Waals surface area contributed by atoms with Crippen molar-refractivity contribution in [3.05, 3.63) is 35.4 Å². The molecule has 0 heterocycles. The van der Waals surface area contributed by atoms with Crippen molar-refractivity contribution in [2.24, 2.45) is 10.9 Å². The van der Waals surface area contributed by atoms with Gasteiger partial charge in [0.15, 0.2) is 5.84 Å². The number of hydrogen-bond donors (Lipinski definition) is 4. The van der Waals surface area contributed by atoms with E-state index in [0.717, 1.165) is 12.0 Å². The summed E-state index contributed by atoms with van der Waals surface area (Å²) in [4.78, 5) is 11.6. The van der Waals surface area contributed by atoms with E-state index in [1.54, 1.807) is 12.1 Å². The first kappa shape index (κ1) is 17.0. The minimum atomic E-state index is 0.0686. The number of oxime groups is 1. The van der Waals surface area contributed by atoms with E-state index in [-0.39, 0.29) is 17.8 Å². The summed E-state index contributed by atoms with van der Waals surface area (Å²) in [5.41, 5.74) is 7.24. The fraction of sp³-hybridized carbons (Fsp3) is 0.467. The lowest BCUT2D eigenvalue weighted by molar-refractivity contribution is -0.121. The average molecular weight is 292 g/mol. The van der Waals surface area contributed by atoms with Crippen LogP contribution in [0.2, 0.25) is 0 Å². The van der Waals surface area contributed by atoms with Gasteiger partial charge in [-0.3, -0.25) is 4.79 Å². The van der Waals surface area contributed by atoms with Crippen molar-refractivity contribution < 1.29 is 10.0 Å². The van der Waals surface area contributed by atoms with E-state index in [2.05, 4.69) is 15.8 Å². The van der Waals surface area contributed by atoms with Gasteiger partial charge in [-0.25, -0.2) is 0 Å². The molecule has 21 heavy (non-hydrogen) atoms. The molecule has 0 aromatic heterocycles. The summed E-state index contributed by atoms with van der Waals surface area (Å²) in [5.74, 6) is 0.162. The number of carbonyl (C=O) groups excluding carboxylic acids is 1. The summed E-state index contributed by atoms with van der Waals surface area (Å²) >= 11 is 0. The zero-order valence-electron chi connectivity index (χ0n) is 12.6. The van der Waals surface area contributed by atoms with Gasteiger partial charge in [0, 0.05) is 31.1 Å². The number of nitrogens with zero attached hydrogens (tertiary/aromatic N) is 1. The largest absolute Gasteiger partial charge is 0.409 e. The number of amides is 1. The monoisotopic (exact) mass is 292 g/mol. The van der Waals surface area contributed by atoms with Crippen molar-refractivity contribution in [1.82, 2.24) is 10.6 Å². The lowest BCUT2D eigenvalue weighted by atomic mass is 10.1. The summed E-state index contributed by atoms with van der Waals surface area (Å²) in [7, 11) is 0. The van der Waals surface area contributed by atoms with Crippen LogP contribution < -0.4 is 16.4 Å². The van der Waals surface area contributed by atoms with Crippen LogP contribution in [-0.2, 0) is 11.3 Å². The van der Waals surface area contributed by atoms with Crippen molar-refractivity contribution in [2.45, 2.75) is 39.3 Å². The molecule has 0 saturated carbocycles. The third-order valence-corrected chi connectivity index (χ3v) is 3.24. The van der Waals surface area contributed by atoms with Crippen LogP contribution in [0, 0.1) is 0 Å². The van der Waals surface area contributed by atoms with Gasteiger partial charge in [-0.1, -0.05) is 36.3 Å². The highest BCUT2D eigenvalue weighted by Crippen LogP contribution is 2.04. The maximum atomic E-state index is 11.6. The predicted molar refractivity (Wildman–Crippen MR) is 83.2 cm³/mol. The number of nitrogens with two attached hydrogens (primary N) is 1. The quantitative estimate of drug-likeness (QED) is 0.190. The molecule has 0 saturated heterocycles. The van der Waals surface area contributed by atoms with E-state index in [0.29, 0.717) is 25.1 Å². The first-order valence-corrected chi connectivity index (χ1v) is 7.13. The Balaban J connectivity index is 2.28. The molecule has 1 unspecified atom stereocenters. The molecule has 0 aliphatic rings. The van der Waals surface area contributed by atoms with E-state index >= 15 is 0 Å². The average Bonchev–Trinajstić information content (AvgIpc) is 2.51. The van der Waals surface area contributed by atoms with Gasteiger partial charge in [0.25, 0.3) is 0 Å². The zero-order chi connectivity index (χ0) is 15.7. The van der Waals surface area contributed by atoms with Crippen LogP contribution in [0.25, 0.3) is 0 Å². The fourth-order valence-corrected chi connectivity index (χ4v) is 1.73. The molecule has 0 aliphatic carbocycles. The van der Waals surface area contributed by atoms with Gasteiger partial charge in [0.2, 0.25) is 5.91 Å². The van der Waals surface area contributed by atoms with Gasteiger partial charge in [0.1, 0.15) is 0 Å². The van der Waals surface area contributed by atoms with Crippen LogP contribution in [0.15, 0.2) is 29.4 Å². The molecule has 0 aliphatic heterocycles. The minimum Gasteiger partial charge on any atom is -0.409 e. The maximum absolute atomic E-state index is 11.6. The molecule has 1 aromatic carbocycles. The molecule has 5 N–H and O–H groups in total. The van der Waals surface area contributed by atoms with Crippen molar-refractivity contribution in [1.29, 1.82) is 0 Å². The van der Waals surface area contributed by atoms with Crippen molar-refractivity contribution in [3.63, 3.8) is 0 Å². The van der Waals surface area contributed by atoms with Crippen molar-refractivity contribution in [3.8, 4) is 0 Å². The Hall–Kier alpha value is -2.08. The smallest absolute Gasteiger partial charge is 0.221 e. The van der Waals surface area contributed by atoms with Crippen LogP contribution in [-0.4, -0.2) is 29.5 Å². The fourth-order valence-electron chi connectivity index (χ4n) is 1.73. The Morgan fingerprint density at radius 2 is 2.05 bits per heavy atom. The molecule has 6 nitrogen and oxygen atoms in total. The van der Waals surface area contributed by atoms with Crippen LogP contribution >= 0.6 is 0 Å². The molecular formula is C15H24N4O2. The molecule has 1 atom stereocenters. The summed E-state index contributed by atoms with van der Waals surface area (Å²) in [6.07, 6.45) is 1.40. The summed E-state index contributed by atoms with van der Waals surface area (Å²) in [6.45, 7) is 5.34. The molecule has 1 rings (SSSR count). The Labute approximate surface area is 125 Å². The van der Waals surface area contributed by atoms with Crippen LogP contribution in [0.4, 0.5) is 0 Å². The number of benzene rings is 1. The second-order valence-electron chi connectivity index (χ2n) is 4.99. The first-order valence-electron chi connectivity index (χ1n) is 7.13. The highest BCUT2D eigenvalue weighted by Gasteiger charge is 2.04. The van der Waals surface area contributed by atoms with Gasteiger partial charge in [0.05, 0.1) is 0 Å². The van der Waals surface area contributed by atoms with E-state index < -0.39 is 0 Å². The van der Waals surface area contributed by atoms with Gasteiger partial charge in [-0.05, 0) is 18.9 Å². The molecule has 1 aromatic rings. The lowest BCUT2D eigenvalue weighted by Gasteiger charge is -2.11. The van der Waals surface area contributed by atoms with Gasteiger partial charge in [-0.2, -0.15) is 0 Å². The maximum Gasteiger partial charge on any atom is 0.221 e. The minimum absolute atomic E-state index is 0.0686. The van der Waals surface area contributed by atoms with E-state index in [1.807, 2.05) is 26.0 Å². The number of nitrogens with one attached hydrogen (secondary N) is 2. The predicted octanol–water partition coefficient (Wildman–Crippen LogP) is 1.18. The second kappa shape index (κ2) is 8.97. The molecule has 1 amide bonds. The zero-order valence-corrected chi connectivity index (χ0v) is 12.6. The normalized spacial score (nSPS) is 13.0. The molecule has 116 valence electrons. The summed E-state index contributed by atoms with van der Waals surface area (Å²) in [5, 5.41) is 17.7. The van der Waals surface area contributed by atoms with Crippen LogP contribution in [0.3, 0.4) is 0 Å². The summed E-state index contributed by atoms with van der Waals surface area (Å²) < 4.78 is 0. The Bertz CT molecular complexity index is 471. The first-order chi connectivity index (χ1) is 10.1. The highest BCUT2D eigenvalue weighted by atomic mass is 16.4. The van der Waals surface area contributed by atoms with E-state index in [9.17, 15) is 4.79 Å². The Morgan fingerprint density at radius 3 is 2.62 bits per heavy atom. The molecule has 0 radical (unpaired) electrons. The second-order valence-corrected chi connectivity index (χ2v) is 4.99. The number of carbonyl (C=O) groups is 1. The topological polar surface area (TPSA) is 99.7 Å². The molecule has 0 fully saturated rings. The number of rotatable bonds is 8. The highest BCUT2D eigenvalue weighted by molar-refractivity contribution is 5.96. The number of amidine groups is 1. The molecular weight excluding hydrogens is 268 g/mol. The van der Waals surface area contributed by atoms with Crippen LogP contribution in [0.1, 0.15) is 37.8 Å². The third kappa shape index (κ3) is 6.27. The Morgan fingerprint density at radius 1 is 1.38 bits per heavy atom. The van der Waals surface area contributed by atoms with E-state index in [1.165, 1.54) is 0 Å². The van der Waals surface area contributed by atoms with E-state index in [4.69, 9.17) is 10.9 Å². The molecule has 0 spiro atoms. The Kier molecular flexibility index (Phi) is 7.25. The lowest BCUT2D eigenvalue weighted by Crippen LogP contribution is -2.33. The van der Waals surface area contributed by atoms with Gasteiger partial charge < -0.3 is 21.6 Å². The number of hydrogen-bond acceptors (Lipinski definition) is 4. The third-order valence-electron chi connectivity index (χ3n) is 3.24. The summed E-state index contributed by atoms with van der Waals surface area (Å²) in [6, 6.07) is 7.62. The van der Waals surface area contributed by atoms with Gasteiger partial charge >= 0.3 is 0 Å². The van der Waals surface area contributed by atoms with Crippen molar-refractivity contribution >= 4 is 11.7 Å². The molecule has 6 heteroatoms. The SMILES string of the molecule is CCC(C)NC(=O)CCNCc1ccc(C(N)=NO)cc1. The molecule has 0 bridgehead atoms.